The Balaban J connectivity index is 2.20. The van der Waals surface area contributed by atoms with Crippen LogP contribution in [-0.2, 0) is 4.74 Å². The highest BCUT2D eigenvalue weighted by atomic mass is 35.5. The molecule has 0 aliphatic carbocycles. The summed E-state index contributed by atoms with van der Waals surface area (Å²) in [6, 6.07) is 3.91. The molecular weight excluding hydrogens is 242 g/mol. The molecule has 1 N–H and O–H groups in total. The number of ether oxygens (including phenoxy) is 3. The summed E-state index contributed by atoms with van der Waals surface area (Å²) in [5.41, 5.74) is 0.847. The van der Waals surface area contributed by atoms with Gasteiger partial charge in [0.25, 0.3) is 0 Å². The maximum absolute atomic E-state index is 6.18. The lowest BCUT2D eigenvalue weighted by molar-refractivity contribution is 0.195. The van der Waals surface area contributed by atoms with Crippen molar-refractivity contribution in [1.82, 2.24) is 0 Å². The van der Waals surface area contributed by atoms with E-state index in [1.807, 2.05) is 6.07 Å². The molecule has 1 unspecified atom stereocenters. The van der Waals surface area contributed by atoms with E-state index in [0.717, 1.165) is 18.7 Å². The monoisotopic (exact) mass is 257 g/mol. The fraction of sp³-hybridized carbons (Fsp3) is 0.500. The minimum atomic E-state index is 0.311. The highest BCUT2D eigenvalue weighted by Crippen LogP contribution is 2.36. The highest BCUT2D eigenvalue weighted by Gasteiger charge is 2.17. The molecule has 1 aromatic rings. The van der Waals surface area contributed by atoms with E-state index in [-0.39, 0.29) is 0 Å². The first-order chi connectivity index (χ1) is 8.24. The Kier molecular flexibility index (Phi) is 3.97. The van der Waals surface area contributed by atoms with Gasteiger partial charge in [0.05, 0.1) is 37.6 Å². The minimum absolute atomic E-state index is 0.311. The predicted molar refractivity (Wildman–Crippen MR) is 67.4 cm³/mol. The molecule has 0 saturated carbocycles. The minimum Gasteiger partial charge on any atom is -0.493 e. The molecule has 17 heavy (non-hydrogen) atoms. The Hall–Kier alpha value is -1.13. The van der Waals surface area contributed by atoms with Gasteiger partial charge in [-0.25, -0.2) is 0 Å². The number of benzene rings is 1. The Morgan fingerprint density at radius 1 is 1.29 bits per heavy atom. The maximum atomic E-state index is 6.18. The number of anilines is 1. The topological polar surface area (TPSA) is 39.7 Å². The molecule has 0 aromatic heterocycles. The van der Waals surface area contributed by atoms with Crippen LogP contribution >= 0.6 is 11.6 Å². The van der Waals surface area contributed by atoms with Crippen LogP contribution in [0.5, 0.6) is 11.5 Å². The summed E-state index contributed by atoms with van der Waals surface area (Å²) in [6.07, 6.45) is 0.991. The standard InChI is InChI=1S/C12H16ClNO3/c1-15-11-5-9(13)10(6-12(11)16-2)14-8-3-4-17-7-8/h5-6,8,14H,3-4,7H2,1-2H3. The summed E-state index contributed by atoms with van der Waals surface area (Å²) >= 11 is 6.18. The zero-order chi connectivity index (χ0) is 12.3. The molecule has 0 amide bonds. The third kappa shape index (κ3) is 2.76. The maximum Gasteiger partial charge on any atom is 0.162 e. The van der Waals surface area contributed by atoms with E-state index < -0.39 is 0 Å². The molecule has 0 spiro atoms. The van der Waals surface area contributed by atoms with Crippen LogP contribution in [0.4, 0.5) is 5.69 Å². The second-order valence-electron chi connectivity index (χ2n) is 3.89. The van der Waals surface area contributed by atoms with Gasteiger partial charge in [0, 0.05) is 18.7 Å². The lowest BCUT2D eigenvalue weighted by atomic mass is 10.2. The van der Waals surface area contributed by atoms with E-state index in [0.29, 0.717) is 29.2 Å². The molecule has 0 radical (unpaired) electrons. The first kappa shape index (κ1) is 12.3. The van der Waals surface area contributed by atoms with Crippen molar-refractivity contribution in [1.29, 1.82) is 0 Å². The summed E-state index contributed by atoms with van der Waals surface area (Å²) in [4.78, 5) is 0. The zero-order valence-corrected chi connectivity index (χ0v) is 10.7. The summed E-state index contributed by atoms with van der Waals surface area (Å²) < 4.78 is 15.7. The van der Waals surface area contributed by atoms with Crippen LogP contribution in [0.3, 0.4) is 0 Å². The van der Waals surface area contributed by atoms with E-state index in [2.05, 4.69) is 5.32 Å². The summed E-state index contributed by atoms with van der Waals surface area (Å²) in [5, 5.41) is 3.96. The molecule has 5 heteroatoms. The lowest BCUT2D eigenvalue weighted by Crippen LogP contribution is -2.19. The zero-order valence-electron chi connectivity index (χ0n) is 9.96. The number of nitrogens with one attached hydrogen (secondary N) is 1. The molecule has 1 aliphatic heterocycles. The molecule has 2 rings (SSSR count). The van der Waals surface area contributed by atoms with Crippen LogP contribution in [0.15, 0.2) is 12.1 Å². The normalized spacial score (nSPS) is 19.1. The van der Waals surface area contributed by atoms with Gasteiger partial charge in [0.15, 0.2) is 11.5 Å². The molecule has 1 aliphatic rings. The van der Waals surface area contributed by atoms with Crippen molar-refractivity contribution in [3.05, 3.63) is 17.2 Å². The largest absolute Gasteiger partial charge is 0.493 e. The van der Waals surface area contributed by atoms with E-state index >= 15 is 0 Å². The molecule has 1 heterocycles. The first-order valence-corrected chi connectivity index (χ1v) is 5.88. The van der Waals surface area contributed by atoms with E-state index in [1.54, 1.807) is 20.3 Å². The van der Waals surface area contributed by atoms with Crippen molar-refractivity contribution in [3.8, 4) is 11.5 Å². The molecule has 4 nitrogen and oxygen atoms in total. The van der Waals surface area contributed by atoms with Crippen LogP contribution < -0.4 is 14.8 Å². The number of hydrogen-bond donors (Lipinski definition) is 1. The third-order valence-electron chi connectivity index (χ3n) is 2.76. The quantitative estimate of drug-likeness (QED) is 0.900. The van der Waals surface area contributed by atoms with Gasteiger partial charge in [-0.2, -0.15) is 0 Å². The SMILES string of the molecule is COc1cc(Cl)c(NC2CCOC2)cc1OC. The number of hydrogen-bond acceptors (Lipinski definition) is 4. The van der Waals surface area contributed by atoms with Crippen LogP contribution in [0.1, 0.15) is 6.42 Å². The Labute approximate surface area is 106 Å². The fourth-order valence-electron chi connectivity index (χ4n) is 1.83. The Bertz CT molecular complexity index is 392. The lowest BCUT2D eigenvalue weighted by Gasteiger charge is -2.16. The van der Waals surface area contributed by atoms with Gasteiger partial charge < -0.3 is 19.5 Å². The second kappa shape index (κ2) is 5.47. The van der Waals surface area contributed by atoms with Gasteiger partial charge in [-0.3, -0.25) is 0 Å². The second-order valence-corrected chi connectivity index (χ2v) is 4.30. The van der Waals surface area contributed by atoms with Crippen LogP contribution in [0.25, 0.3) is 0 Å². The van der Waals surface area contributed by atoms with E-state index in [4.69, 9.17) is 25.8 Å². The summed E-state index contributed by atoms with van der Waals surface area (Å²) in [7, 11) is 3.19. The van der Waals surface area contributed by atoms with Crippen LogP contribution in [0, 0.1) is 0 Å². The van der Waals surface area contributed by atoms with Gasteiger partial charge in [0.1, 0.15) is 0 Å². The van der Waals surface area contributed by atoms with Crippen molar-refractivity contribution in [2.24, 2.45) is 0 Å². The van der Waals surface area contributed by atoms with E-state index in [1.165, 1.54) is 0 Å². The summed E-state index contributed by atoms with van der Waals surface area (Å²) in [5.74, 6) is 1.30. The van der Waals surface area contributed by atoms with Crippen molar-refractivity contribution < 1.29 is 14.2 Å². The molecule has 1 atom stereocenters. The van der Waals surface area contributed by atoms with E-state index in [9.17, 15) is 0 Å². The fourth-order valence-corrected chi connectivity index (χ4v) is 2.04. The third-order valence-corrected chi connectivity index (χ3v) is 3.08. The molecule has 94 valence electrons. The molecule has 1 aromatic carbocycles. The average molecular weight is 258 g/mol. The number of methoxy groups -OCH3 is 2. The smallest absolute Gasteiger partial charge is 0.162 e. The molecule has 0 bridgehead atoms. The Morgan fingerprint density at radius 3 is 2.59 bits per heavy atom. The van der Waals surface area contributed by atoms with Gasteiger partial charge in [0.2, 0.25) is 0 Å². The first-order valence-electron chi connectivity index (χ1n) is 5.50. The van der Waals surface area contributed by atoms with Gasteiger partial charge >= 0.3 is 0 Å². The number of halogens is 1. The Morgan fingerprint density at radius 2 is 2.00 bits per heavy atom. The van der Waals surface area contributed by atoms with Crippen molar-refractivity contribution in [2.75, 3.05) is 32.8 Å². The molecule has 1 saturated heterocycles. The van der Waals surface area contributed by atoms with Crippen LogP contribution in [0.2, 0.25) is 5.02 Å². The average Bonchev–Trinajstić information content (AvgIpc) is 2.84. The van der Waals surface area contributed by atoms with Gasteiger partial charge in [-0.1, -0.05) is 11.6 Å². The molecular formula is C12H16ClNO3. The summed E-state index contributed by atoms with van der Waals surface area (Å²) in [6.45, 7) is 1.51. The predicted octanol–water partition coefficient (Wildman–Crippen LogP) is 2.56. The number of rotatable bonds is 4. The van der Waals surface area contributed by atoms with Crippen molar-refractivity contribution in [3.63, 3.8) is 0 Å². The molecule has 1 fully saturated rings. The highest BCUT2D eigenvalue weighted by molar-refractivity contribution is 6.33. The van der Waals surface area contributed by atoms with Crippen molar-refractivity contribution in [2.45, 2.75) is 12.5 Å². The van der Waals surface area contributed by atoms with Crippen LogP contribution in [-0.4, -0.2) is 33.5 Å². The van der Waals surface area contributed by atoms with Gasteiger partial charge in [-0.05, 0) is 6.42 Å². The van der Waals surface area contributed by atoms with Gasteiger partial charge in [-0.15, -0.1) is 0 Å². The van der Waals surface area contributed by atoms with Crippen molar-refractivity contribution >= 4 is 17.3 Å².